The number of aliphatic imine (C=N–C) groups is 1. The second-order valence-corrected chi connectivity index (χ2v) is 9.00. The zero-order valence-corrected chi connectivity index (χ0v) is 25.7. The first-order valence-corrected chi connectivity index (χ1v) is 13.9. The van der Waals surface area contributed by atoms with Gasteiger partial charge < -0.3 is 30.9 Å². The molecule has 2 unspecified atom stereocenters. The summed E-state index contributed by atoms with van der Waals surface area (Å²) in [6.07, 6.45) is 17.7. The standard InChI is InChI=1S/C12H19NO2.C11H16N2O4.C10H13N/c1-5-8-11(6-2)13-12(7-3)15-10-9-14-4;1-9(7-11(16)17)13-10(15)5-3-2-4-6-12-8-14;1-9(11)7-8-10-5-3-2-4-6-10/h3,6,11H,2,5,8-10H2,1,4H3;2-4,6,8-9H,5,7H2,1H3,(H,12,14)(H,13,15)(H,16,17);2-6H,1,7-8,11H2/b;3-2-,6-4-;. The molecule has 0 aromatic heterocycles. The van der Waals surface area contributed by atoms with E-state index in [4.69, 9.17) is 26.7 Å². The molecule has 0 spiro atoms. The number of hydrogen-bond acceptors (Lipinski definition) is 7. The van der Waals surface area contributed by atoms with Crippen LogP contribution in [-0.2, 0) is 30.3 Å². The Bertz CT molecular complexity index is 1060. The molecule has 0 bridgehead atoms. The summed E-state index contributed by atoms with van der Waals surface area (Å²) in [7, 11) is 1.61. The summed E-state index contributed by atoms with van der Waals surface area (Å²) in [6.45, 7) is 12.0. The van der Waals surface area contributed by atoms with Crippen LogP contribution in [0.15, 0.2) is 84.7 Å². The minimum atomic E-state index is -0.948. The van der Waals surface area contributed by atoms with Crippen molar-refractivity contribution < 1.29 is 29.0 Å². The summed E-state index contributed by atoms with van der Waals surface area (Å²) in [5.41, 5.74) is 7.52. The number of carboxylic acid groups (broad SMARTS) is 1. The van der Waals surface area contributed by atoms with Crippen molar-refractivity contribution >= 4 is 24.2 Å². The molecule has 10 heteroatoms. The van der Waals surface area contributed by atoms with E-state index in [1.807, 2.05) is 18.2 Å². The van der Waals surface area contributed by atoms with Gasteiger partial charge in [-0.15, -0.1) is 13.0 Å². The fourth-order valence-electron chi connectivity index (χ4n) is 3.02. The number of terminal acetylenes is 1. The third-order valence-electron chi connectivity index (χ3n) is 5.07. The number of nitrogens with zero attached hydrogens (tertiary/aromatic N) is 1. The molecule has 0 saturated heterocycles. The van der Waals surface area contributed by atoms with Crippen molar-refractivity contribution in [1.29, 1.82) is 0 Å². The maximum atomic E-state index is 11.3. The van der Waals surface area contributed by atoms with Crippen molar-refractivity contribution in [2.75, 3.05) is 20.3 Å². The number of amides is 2. The first-order valence-electron chi connectivity index (χ1n) is 13.9. The van der Waals surface area contributed by atoms with Crippen LogP contribution in [0.2, 0.25) is 0 Å². The highest BCUT2D eigenvalue weighted by Crippen LogP contribution is 2.04. The van der Waals surface area contributed by atoms with Crippen molar-refractivity contribution in [3.05, 3.63) is 85.3 Å². The van der Waals surface area contributed by atoms with E-state index in [-0.39, 0.29) is 30.8 Å². The number of allylic oxidation sites excluding steroid dienone is 3. The molecule has 0 saturated carbocycles. The molecule has 1 aromatic rings. The molecule has 0 aliphatic heterocycles. The molecule has 10 nitrogen and oxygen atoms in total. The van der Waals surface area contributed by atoms with Crippen molar-refractivity contribution in [2.24, 2.45) is 10.7 Å². The van der Waals surface area contributed by atoms with Gasteiger partial charge in [0.25, 0.3) is 5.90 Å². The fraction of sp³-hybridized carbons (Fsp3) is 0.394. The van der Waals surface area contributed by atoms with E-state index in [9.17, 15) is 14.4 Å². The molecule has 43 heavy (non-hydrogen) atoms. The van der Waals surface area contributed by atoms with Gasteiger partial charge in [-0.05, 0) is 43.7 Å². The van der Waals surface area contributed by atoms with Crippen LogP contribution in [0.1, 0.15) is 51.5 Å². The molecule has 0 heterocycles. The predicted octanol–water partition coefficient (Wildman–Crippen LogP) is 4.30. The van der Waals surface area contributed by atoms with Crippen LogP contribution in [0.25, 0.3) is 0 Å². The molecular formula is C33H48N4O6. The Hall–Kier alpha value is -4.62. The average molecular weight is 597 g/mol. The van der Waals surface area contributed by atoms with E-state index in [0.717, 1.165) is 31.4 Å². The zero-order valence-electron chi connectivity index (χ0n) is 25.7. The number of aryl methyl sites for hydroxylation is 1. The van der Waals surface area contributed by atoms with Crippen LogP contribution in [0.5, 0.6) is 0 Å². The number of ether oxygens (including phenoxy) is 2. The quantitative estimate of drug-likeness (QED) is 0.0375. The fourth-order valence-corrected chi connectivity index (χ4v) is 3.02. The van der Waals surface area contributed by atoms with Crippen LogP contribution >= 0.6 is 0 Å². The summed E-state index contributed by atoms with van der Waals surface area (Å²) >= 11 is 0. The van der Waals surface area contributed by atoms with Crippen molar-refractivity contribution in [3.63, 3.8) is 0 Å². The van der Waals surface area contributed by atoms with Crippen molar-refractivity contribution in [3.8, 4) is 12.3 Å². The molecule has 0 aliphatic rings. The van der Waals surface area contributed by atoms with E-state index in [1.165, 1.54) is 11.8 Å². The summed E-state index contributed by atoms with van der Waals surface area (Å²) in [4.78, 5) is 35.7. The number of aliphatic carboxylic acids is 1. The van der Waals surface area contributed by atoms with Gasteiger partial charge in [0.1, 0.15) is 6.61 Å². The molecule has 1 aromatic carbocycles. The normalized spacial score (nSPS) is 11.9. The lowest BCUT2D eigenvalue weighted by atomic mass is 10.1. The molecule has 0 aliphatic carbocycles. The number of carboxylic acids is 1. The van der Waals surface area contributed by atoms with Gasteiger partial charge in [0, 0.05) is 31.5 Å². The molecule has 2 atom stereocenters. The lowest BCUT2D eigenvalue weighted by molar-refractivity contribution is -0.137. The SMILES string of the molecule is C#CC(=NC(C=C)CCC)OCCOC.C=C(N)CCc1ccccc1.CC(CC(=O)O)NC(=O)C/C=C\C=C/NC=O. The smallest absolute Gasteiger partial charge is 0.305 e. The third-order valence-corrected chi connectivity index (χ3v) is 5.07. The van der Waals surface area contributed by atoms with Gasteiger partial charge in [0.05, 0.1) is 19.1 Å². The Balaban J connectivity index is 0. The van der Waals surface area contributed by atoms with Crippen molar-refractivity contribution in [2.45, 2.75) is 64.5 Å². The molecule has 0 radical (unpaired) electrons. The Morgan fingerprint density at radius 2 is 1.93 bits per heavy atom. The Labute approximate surface area is 256 Å². The molecule has 0 fully saturated rings. The second-order valence-electron chi connectivity index (χ2n) is 9.00. The molecular weight excluding hydrogens is 548 g/mol. The minimum absolute atomic E-state index is 0.0450. The number of hydrogen-bond donors (Lipinski definition) is 4. The van der Waals surface area contributed by atoms with Crippen LogP contribution in [-0.4, -0.2) is 61.7 Å². The number of nitrogens with one attached hydrogen (secondary N) is 2. The number of nitrogens with two attached hydrogens (primary N) is 1. The number of benzene rings is 1. The Morgan fingerprint density at radius 1 is 1.23 bits per heavy atom. The van der Waals surface area contributed by atoms with E-state index in [1.54, 1.807) is 38.3 Å². The molecule has 2 amide bonds. The van der Waals surface area contributed by atoms with E-state index < -0.39 is 5.97 Å². The van der Waals surface area contributed by atoms with Crippen LogP contribution in [0.3, 0.4) is 0 Å². The van der Waals surface area contributed by atoms with Gasteiger partial charge in [-0.1, -0.05) is 68.5 Å². The van der Waals surface area contributed by atoms with Gasteiger partial charge in [-0.2, -0.15) is 0 Å². The van der Waals surface area contributed by atoms with Gasteiger partial charge in [-0.25, -0.2) is 4.99 Å². The largest absolute Gasteiger partial charge is 0.481 e. The molecule has 5 N–H and O–H groups in total. The second kappa shape index (κ2) is 28.9. The zero-order chi connectivity index (χ0) is 32.7. The summed E-state index contributed by atoms with van der Waals surface area (Å²) in [5.74, 6) is 1.54. The summed E-state index contributed by atoms with van der Waals surface area (Å²) < 4.78 is 10.1. The highest BCUT2D eigenvalue weighted by Gasteiger charge is 2.09. The van der Waals surface area contributed by atoms with E-state index in [0.29, 0.717) is 25.5 Å². The van der Waals surface area contributed by atoms with Gasteiger partial charge >= 0.3 is 5.97 Å². The van der Waals surface area contributed by atoms with Gasteiger partial charge in [0.15, 0.2) is 0 Å². The van der Waals surface area contributed by atoms with Gasteiger partial charge in [0.2, 0.25) is 12.3 Å². The predicted molar refractivity (Wildman–Crippen MR) is 173 cm³/mol. The van der Waals surface area contributed by atoms with Crippen LogP contribution in [0, 0.1) is 12.3 Å². The number of rotatable bonds is 18. The lowest BCUT2D eigenvalue weighted by Gasteiger charge is -2.09. The minimum Gasteiger partial charge on any atom is -0.481 e. The average Bonchev–Trinajstić information content (AvgIpc) is 2.97. The van der Waals surface area contributed by atoms with Gasteiger partial charge in [-0.3, -0.25) is 14.4 Å². The van der Waals surface area contributed by atoms with Crippen LogP contribution < -0.4 is 16.4 Å². The molecule has 236 valence electrons. The highest BCUT2D eigenvalue weighted by atomic mass is 16.5. The number of carbonyl (C=O) groups excluding carboxylic acids is 2. The Kier molecular flexibility index (Phi) is 27.2. The van der Waals surface area contributed by atoms with Crippen molar-refractivity contribution in [1.82, 2.24) is 10.6 Å². The first-order chi connectivity index (χ1) is 20.6. The lowest BCUT2D eigenvalue weighted by Crippen LogP contribution is -2.33. The summed E-state index contributed by atoms with van der Waals surface area (Å²) in [5, 5.41) is 13.3. The van der Waals surface area contributed by atoms with Crippen LogP contribution in [0.4, 0.5) is 0 Å². The Morgan fingerprint density at radius 3 is 2.47 bits per heavy atom. The number of methoxy groups -OCH3 is 1. The molecule has 1 rings (SSSR count). The van der Waals surface area contributed by atoms with E-state index in [2.05, 4.69) is 53.8 Å². The topological polar surface area (TPSA) is 152 Å². The maximum absolute atomic E-state index is 11.3. The monoisotopic (exact) mass is 596 g/mol. The summed E-state index contributed by atoms with van der Waals surface area (Å²) in [6, 6.07) is 9.94. The number of carbonyl (C=O) groups is 3. The first kappa shape index (κ1) is 40.5. The highest BCUT2D eigenvalue weighted by molar-refractivity contribution is 5.93. The van der Waals surface area contributed by atoms with E-state index >= 15 is 0 Å². The maximum Gasteiger partial charge on any atom is 0.305 e. The third kappa shape index (κ3) is 28.7.